The second-order valence-corrected chi connectivity index (χ2v) is 5.20. The van der Waals surface area contributed by atoms with Crippen LogP contribution in [0.25, 0.3) is 0 Å². The standard InChI is InChI=1S/C14H19ClN2O/c1-2-8-14(9-5-10-16-14)13(18)17-12-7-4-3-6-11(12)15/h3-4,6-7,16H,2,5,8-10H2,1H3,(H,17,18). The van der Waals surface area contributed by atoms with Gasteiger partial charge in [0.05, 0.1) is 16.2 Å². The van der Waals surface area contributed by atoms with Crippen LogP contribution in [0.5, 0.6) is 0 Å². The van der Waals surface area contributed by atoms with E-state index in [0.717, 1.165) is 32.2 Å². The molecule has 1 saturated heterocycles. The smallest absolute Gasteiger partial charge is 0.244 e. The molecule has 1 heterocycles. The summed E-state index contributed by atoms with van der Waals surface area (Å²) in [6.45, 7) is 3.01. The van der Waals surface area contributed by atoms with Gasteiger partial charge < -0.3 is 10.6 Å². The number of rotatable bonds is 4. The van der Waals surface area contributed by atoms with Gasteiger partial charge in [0.1, 0.15) is 0 Å². The normalized spacial score (nSPS) is 23.0. The number of halogens is 1. The zero-order valence-electron chi connectivity index (χ0n) is 10.6. The van der Waals surface area contributed by atoms with Crippen LogP contribution < -0.4 is 10.6 Å². The fourth-order valence-electron chi connectivity index (χ4n) is 2.56. The molecule has 0 aromatic heterocycles. The summed E-state index contributed by atoms with van der Waals surface area (Å²) in [5.74, 6) is 0.0370. The first kappa shape index (κ1) is 13.4. The number of anilines is 1. The van der Waals surface area contributed by atoms with Crippen LogP contribution in [0.2, 0.25) is 5.02 Å². The molecule has 2 N–H and O–H groups in total. The van der Waals surface area contributed by atoms with Crippen molar-refractivity contribution in [2.75, 3.05) is 11.9 Å². The van der Waals surface area contributed by atoms with Gasteiger partial charge in [-0.2, -0.15) is 0 Å². The van der Waals surface area contributed by atoms with Crippen LogP contribution in [0, 0.1) is 0 Å². The molecular weight excluding hydrogens is 248 g/mol. The van der Waals surface area contributed by atoms with Crippen molar-refractivity contribution in [3.63, 3.8) is 0 Å². The van der Waals surface area contributed by atoms with Crippen molar-refractivity contribution in [1.82, 2.24) is 5.32 Å². The van der Waals surface area contributed by atoms with Crippen LogP contribution in [0.4, 0.5) is 5.69 Å². The van der Waals surface area contributed by atoms with Crippen molar-refractivity contribution in [3.05, 3.63) is 29.3 Å². The van der Waals surface area contributed by atoms with Gasteiger partial charge >= 0.3 is 0 Å². The van der Waals surface area contributed by atoms with Crippen LogP contribution in [0.15, 0.2) is 24.3 Å². The molecule has 4 heteroatoms. The highest BCUT2D eigenvalue weighted by Gasteiger charge is 2.39. The highest BCUT2D eigenvalue weighted by Crippen LogP contribution is 2.28. The number of hydrogen-bond acceptors (Lipinski definition) is 2. The van der Waals surface area contributed by atoms with E-state index in [4.69, 9.17) is 11.6 Å². The molecule has 0 bridgehead atoms. The van der Waals surface area contributed by atoms with Crippen LogP contribution >= 0.6 is 11.6 Å². The van der Waals surface area contributed by atoms with Gasteiger partial charge in [-0.25, -0.2) is 0 Å². The Labute approximate surface area is 113 Å². The maximum Gasteiger partial charge on any atom is 0.244 e. The minimum atomic E-state index is -0.409. The van der Waals surface area contributed by atoms with E-state index in [-0.39, 0.29) is 5.91 Å². The third kappa shape index (κ3) is 2.68. The molecule has 18 heavy (non-hydrogen) atoms. The average Bonchev–Trinajstić information content (AvgIpc) is 2.82. The minimum Gasteiger partial charge on any atom is -0.323 e. The second-order valence-electron chi connectivity index (χ2n) is 4.80. The largest absolute Gasteiger partial charge is 0.323 e. The molecule has 1 aliphatic rings. The van der Waals surface area contributed by atoms with Crippen LogP contribution in [0.1, 0.15) is 32.6 Å². The monoisotopic (exact) mass is 266 g/mol. The van der Waals surface area contributed by atoms with Crippen molar-refractivity contribution >= 4 is 23.2 Å². The van der Waals surface area contributed by atoms with Gasteiger partial charge in [0.25, 0.3) is 0 Å². The van der Waals surface area contributed by atoms with Gasteiger partial charge in [-0.3, -0.25) is 4.79 Å². The molecule has 1 aromatic rings. The van der Waals surface area contributed by atoms with E-state index < -0.39 is 5.54 Å². The van der Waals surface area contributed by atoms with Gasteiger partial charge in [-0.1, -0.05) is 37.1 Å². The summed E-state index contributed by atoms with van der Waals surface area (Å²) in [4.78, 5) is 12.4. The summed E-state index contributed by atoms with van der Waals surface area (Å²) >= 11 is 6.06. The number of benzene rings is 1. The Kier molecular flexibility index (Phi) is 4.25. The highest BCUT2D eigenvalue weighted by atomic mass is 35.5. The van der Waals surface area contributed by atoms with Crippen molar-refractivity contribution in [1.29, 1.82) is 0 Å². The number of nitrogens with one attached hydrogen (secondary N) is 2. The summed E-state index contributed by atoms with van der Waals surface area (Å²) in [7, 11) is 0. The summed E-state index contributed by atoms with van der Waals surface area (Å²) in [5, 5.41) is 6.88. The Morgan fingerprint density at radius 1 is 1.50 bits per heavy atom. The van der Waals surface area contributed by atoms with Gasteiger partial charge in [-0.05, 0) is 37.9 Å². The molecule has 0 radical (unpaired) electrons. The minimum absolute atomic E-state index is 0.0370. The maximum absolute atomic E-state index is 12.4. The zero-order chi connectivity index (χ0) is 13.0. The Morgan fingerprint density at radius 2 is 2.28 bits per heavy atom. The zero-order valence-corrected chi connectivity index (χ0v) is 11.4. The third-order valence-electron chi connectivity index (χ3n) is 3.48. The van der Waals surface area contributed by atoms with Gasteiger partial charge in [0, 0.05) is 0 Å². The van der Waals surface area contributed by atoms with Gasteiger partial charge in [-0.15, -0.1) is 0 Å². The summed E-state index contributed by atoms with van der Waals surface area (Å²) in [5.41, 5.74) is 0.279. The number of para-hydroxylation sites is 1. The predicted molar refractivity (Wildman–Crippen MR) is 75.0 cm³/mol. The van der Waals surface area contributed by atoms with Gasteiger partial charge in [0.15, 0.2) is 0 Å². The van der Waals surface area contributed by atoms with E-state index >= 15 is 0 Å². The predicted octanol–water partition coefficient (Wildman–Crippen LogP) is 3.20. The van der Waals surface area contributed by atoms with E-state index in [9.17, 15) is 4.79 Å². The molecule has 1 amide bonds. The Hall–Kier alpha value is -1.06. The second kappa shape index (κ2) is 5.72. The van der Waals surface area contributed by atoms with E-state index in [1.54, 1.807) is 6.07 Å². The molecule has 0 aliphatic carbocycles. The number of hydrogen-bond donors (Lipinski definition) is 2. The number of amides is 1. The van der Waals surface area contributed by atoms with Crippen molar-refractivity contribution in [2.45, 2.75) is 38.1 Å². The topological polar surface area (TPSA) is 41.1 Å². The van der Waals surface area contributed by atoms with Crippen molar-refractivity contribution in [3.8, 4) is 0 Å². The fraction of sp³-hybridized carbons (Fsp3) is 0.500. The first-order valence-corrected chi connectivity index (χ1v) is 6.87. The fourth-order valence-corrected chi connectivity index (χ4v) is 2.74. The molecule has 1 unspecified atom stereocenters. The molecule has 0 spiro atoms. The average molecular weight is 267 g/mol. The van der Waals surface area contributed by atoms with E-state index in [1.807, 2.05) is 18.2 Å². The lowest BCUT2D eigenvalue weighted by atomic mass is 9.91. The molecule has 1 aromatic carbocycles. The van der Waals surface area contributed by atoms with Crippen molar-refractivity contribution in [2.24, 2.45) is 0 Å². The van der Waals surface area contributed by atoms with Gasteiger partial charge in [0.2, 0.25) is 5.91 Å². The summed E-state index contributed by atoms with van der Waals surface area (Å²) in [6.07, 6.45) is 3.80. The van der Waals surface area contributed by atoms with Crippen LogP contribution in [0.3, 0.4) is 0 Å². The molecule has 1 aliphatic heterocycles. The quantitative estimate of drug-likeness (QED) is 0.879. The molecule has 0 saturated carbocycles. The molecule has 3 nitrogen and oxygen atoms in total. The van der Waals surface area contributed by atoms with E-state index in [2.05, 4.69) is 17.6 Å². The van der Waals surface area contributed by atoms with Crippen LogP contribution in [-0.4, -0.2) is 18.0 Å². The number of carbonyl (C=O) groups is 1. The Bertz CT molecular complexity index is 428. The lowest BCUT2D eigenvalue weighted by Crippen LogP contribution is -2.50. The maximum atomic E-state index is 12.4. The van der Waals surface area contributed by atoms with E-state index in [0.29, 0.717) is 10.7 Å². The SMILES string of the molecule is CCCC1(C(=O)Nc2ccccc2Cl)CCCN1. The van der Waals surface area contributed by atoms with E-state index in [1.165, 1.54) is 0 Å². The highest BCUT2D eigenvalue weighted by molar-refractivity contribution is 6.33. The van der Waals surface area contributed by atoms with Crippen molar-refractivity contribution < 1.29 is 4.79 Å². The third-order valence-corrected chi connectivity index (χ3v) is 3.81. The van der Waals surface area contributed by atoms with Crippen LogP contribution in [-0.2, 0) is 4.79 Å². The lowest BCUT2D eigenvalue weighted by Gasteiger charge is -2.28. The number of carbonyl (C=O) groups excluding carboxylic acids is 1. The summed E-state index contributed by atoms with van der Waals surface area (Å²) < 4.78 is 0. The Morgan fingerprint density at radius 3 is 2.89 bits per heavy atom. The molecule has 1 atom stereocenters. The molecule has 2 rings (SSSR count). The first-order chi connectivity index (χ1) is 8.68. The Balaban J connectivity index is 2.13. The molecular formula is C14H19ClN2O. The molecule has 1 fully saturated rings. The lowest BCUT2D eigenvalue weighted by molar-refractivity contribution is -0.122. The summed E-state index contributed by atoms with van der Waals surface area (Å²) in [6, 6.07) is 7.34. The molecule has 98 valence electrons. The first-order valence-electron chi connectivity index (χ1n) is 6.49.